The number of hydrogen-bond donors (Lipinski definition) is 0. The number of halogens is 1. The quantitative estimate of drug-likeness (QED) is 0.438. The van der Waals surface area contributed by atoms with E-state index >= 15 is 0 Å². The molecule has 6 rings (SSSR count). The van der Waals surface area contributed by atoms with Gasteiger partial charge in [-0.15, -0.1) is 0 Å². The summed E-state index contributed by atoms with van der Waals surface area (Å²) in [6.07, 6.45) is 15.8. The zero-order valence-electron chi connectivity index (χ0n) is 17.8. The highest BCUT2D eigenvalue weighted by atomic mass is 35.5. The summed E-state index contributed by atoms with van der Waals surface area (Å²) in [5.41, 5.74) is 5.03. The van der Waals surface area contributed by atoms with Crippen molar-refractivity contribution < 1.29 is 0 Å². The molecule has 0 aromatic carbocycles. The molecule has 1 spiro atoms. The highest BCUT2D eigenvalue weighted by molar-refractivity contribution is 7.99. The fourth-order valence-corrected chi connectivity index (χ4v) is 6.35. The summed E-state index contributed by atoms with van der Waals surface area (Å²) < 4.78 is 2.11. The monoisotopic (exact) mass is 460 g/mol. The Morgan fingerprint density at radius 3 is 2.72 bits per heavy atom. The first kappa shape index (κ1) is 20.1. The Morgan fingerprint density at radius 2 is 1.91 bits per heavy atom. The summed E-state index contributed by atoms with van der Waals surface area (Å²) in [6, 6.07) is 4.31. The Bertz CT molecular complexity index is 1270. The van der Waals surface area contributed by atoms with Crippen LogP contribution in [-0.2, 0) is 12.8 Å². The number of nitrogens with zero attached hydrogens (tertiary/aromatic N) is 6. The highest BCUT2D eigenvalue weighted by Gasteiger charge is 2.41. The smallest absolute Gasteiger partial charge is 0.211 e. The predicted molar refractivity (Wildman–Crippen MR) is 130 cm³/mol. The van der Waals surface area contributed by atoms with Crippen LogP contribution in [0.1, 0.15) is 24.1 Å². The lowest BCUT2D eigenvalue weighted by atomic mass is 9.76. The molecule has 1 aliphatic heterocycles. The molecule has 0 unspecified atom stereocenters. The number of pyridine rings is 2. The van der Waals surface area contributed by atoms with Gasteiger partial charge in [-0.3, -0.25) is 14.4 Å². The fraction of sp³-hybridized carbons (Fsp3) is 0.304. The molecule has 0 radical (unpaired) electrons. The van der Waals surface area contributed by atoms with Crippen molar-refractivity contribution in [3.05, 3.63) is 65.6 Å². The number of rotatable bonds is 3. The second-order valence-corrected chi connectivity index (χ2v) is 10.3. The van der Waals surface area contributed by atoms with Crippen LogP contribution in [0.4, 0.5) is 5.95 Å². The van der Waals surface area contributed by atoms with Gasteiger partial charge in [-0.05, 0) is 42.7 Å². The van der Waals surface area contributed by atoms with Crippen LogP contribution >= 0.6 is 23.4 Å². The van der Waals surface area contributed by atoms with Crippen molar-refractivity contribution in [3.63, 3.8) is 0 Å². The van der Waals surface area contributed by atoms with Crippen LogP contribution in [0, 0.1) is 5.41 Å². The Kier molecular flexibility index (Phi) is 4.88. The van der Waals surface area contributed by atoms with Crippen molar-refractivity contribution >= 4 is 48.3 Å². The maximum absolute atomic E-state index is 6.41. The van der Waals surface area contributed by atoms with Gasteiger partial charge in [0, 0.05) is 60.9 Å². The van der Waals surface area contributed by atoms with E-state index in [0.717, 1.165) is 65.6 Å². The van der Waals surface area contributed by atoms with Crippen LogP contribution in [0.3, 0.4) is 0 Å². The van der Waals surface area contributed by atoms with E-state index in [9.17, 15) is 0 Å². The van der Waals surface area contributed by atoms with Gasteiger partial charge in [0.1, 0.15) is 7.85 Å². The first-order valence-electron chi connectivity index (χ1n) is 10.9. The number of piperidine rings is 1. The summed E-state index contributed by atoms with van der Waals surface area (Å²) in [6.45, 7) is 1.99. The second-order valence-electron chi connectivity index (χ2n) is 8.86. The molecule has 5 heterocycles. The van der Waals surface area contributed by atoms with Gasteiger partial charge in [0.15, 0.2) is 5.65 Å². The molecule has 1 aliphatic carbocycles. The van der Waals surface area contributed by atoms with E-state index in [1.165, 1.54) is 11.3 Å². The molecule has 1 fully saturated rings. The molecule has 160 valence electrons. The first-order valence-corrected chi connectivity index (χ1v) is 12.1. The molecule has 0 amide bonds. The minimum Gasteiger partial charge on any atom is -0.342 e. The largest absolute Gasteiger partial charge is 0.342 e. The molecule has 6 nitrogen and oxygen atoms in total. The Hall–Kier alpha value is -2.58. The van der Waals surface area contributed by atoms with E-state index in [4.69, 9.17) is 16.6 Å². The zero-order valence-corrected chi connectivity index (χ0v) is 19.4. The summed E-state index contributed by atoms with van der Waals surface area (Å²) in [5, 5.41) is 0.650. The van der Waals surface area contributed by atoms with Crippen LogP contribution < -0.4 is 10.4 Å². The first-order chi connectivity index (χ1) is 15.6. The third kappa shape index (κ3) is 3.37. The van der Waals surface area contributed by atoms with Gasteiger partial charge in [-0.25, -0.2) is 9.97 Å². The zero-order chi connectivity index (χ0) is 21.7. The number of aromatic nitrogens is 5. The molecule has 1 saturated heterocycles. The van der Waals surface area contributed by atoms with Gasteiger partial charge in [-0.1, -0.05) is 34.9 Å². The van der Waals surface area contributed by atoms with Gasteiger partial charge in [0.25, 0.3) is 0 Å². The van der Waals surface area contributed by atoms with E-state index in [-0.39, 0.29) is 0 Å². The molecule has 9 heteroatoms. The van der Waals surface area contributed by atoms with E-state index < -0.39 is 0 Å². The average molecular weight is 461 g/mol. The van der Waals surface area contributed by atoms with Gasteiger partial charge >= 0.3 is 0 Å². The SMILES string of the molecule is Bc1cncc(Cl)c1Sc1cnc(N2CCC3(CC2)Cc2cccnc2C3)n2ccnc12. The fourth-order valence-electron chi connectivity index (χ4n) is 5.10. The summed E-state index contributed by atoms with van der Waals surface area (Å²) >= 11 is 8.00. The van der Waals surface area contributed by atoms with E-state index in [0.29, 0.717) is 10.4 Å². The standard InChI is InChI=1S/C23H22BClN6S/c24-16-12-26-13-17(25)20(16)32-19-14-29-22(31-9-6-28-21(19)31)30-7-3-23(4-8-30)10-15-2-1-5-27-18(15)11-23/h1-2,5-6,9,12-14H,3-4,7-8,10-11,24H2. The highest BCUT2D eigenvalue weighted by Crippen LogP contribution is 2.44. The van der Waals surface area contributed by atoms with Crippen LogP contribution in [0.25, 0.3) is 5.65 Å². The van der Waals surface area contributed by atoms with Crippen molar-refractivity contribution in [2.75, 3.05) is 18.0 Å². The molecular formula is C23H22BClN6S. The molecule has 32 heavy (non-hydrogen) atoms. The van der Waals surface area contributed by atoms with E-state index in [1.807, 2.05) is 38.8 Å². The molecule has 4 aromatic heterocycles. The second kappa shape index (κ2) is 7.78. The lowest BCUT2D eigenvalue weighted by Crippen LogP contribution is -2.41. The molecule has 0 bridgehead atoms. The molecule has 0 saturated carbocycles. The molecule has 2 aliphatic rings. The third-order valence-corrected chi connectivity index (χ3v) is 8.47. The van der Waals surface area contributed by atoms with Crippen LogP contribution in [0.2, 0.25) is 5.02 Å². The maximum Gasteiger partial charge on any atom is 0.211 e. The lowest BCUT2D eigenvalue weighted by Gasteiger charge is -2.39. The number of hydrogen-bond acceptors (Lipinski definition) is 6. The van der Waals surface area contributed by atoms with Crippen molar-refractivity contribution in [3.8, 4) is 0 Å². The molecule has 4 aromatic rings. The summed E-state index contributed by atoms with van der Waals surface area (Å²) in [4.78, 5) is 22.7. The van der Waals surface area contributed by atoms with Crippen LogP contribution in [-0.4, -0.2) is 45.3 Å². The van der Waals surface area contributed by atoms with Crippen LogP contribution in [0.15, 0.2) is 59.1 Å². The van der Waals surface area contributed by atoms with Gasteiger partial charge in [0.2, 0.25) is 5.95 Å². The minimum atomic E-state index is 0.354. The maximum atomic E-state index is 6.41. The number of imidazole rings is 1. The van der Waals surface area contributed by atoms with Crippen molar-refractivity contribution in [1.82, 2.24) is 24.3 Å². The van der Waals surface area contributed by atoms with Gasteiger partial charge < -0.3 is 4.90 Å². The van der Waals surface area contributed by atoms with Crippen molar-refractivity contribution in [2.45, 2.75) is 35.5 Å². The number of anilines is 1. The van der Waals surface area contributed by atoms with E-state index in [2.05, 4.69) is 36.4 Å². The summed E-state index contributed by atoms with van der Waals surface area (Å²) in [5.74, 6) is 0.961. The Morgan fingerprint density at radius 1 is 1.03 bits per heavy atom. The third-order valence-electron chi connectivity index (χ3n) is 6.82. The van der Waals surface area contributed by atoms with Gasteiger partial charge in [0.05, 0.1) is 9.92 Å². The number of fused-ring (bicyclic) bond motifs is 2. The molecule has 0 N–H and O–H groups in total. The minimum absolute atomic E-state index is 0.354. The summed E-state index contributed by atoms with van der Waals surface area (Å²) in [7, 11) is 2.02. The lowest BCUT2D eigenvalue weighted by molar-refractivity contribution is 0.230. The Labute approximate surface area is 196 Å². The Balaban J connectivity index is 1.25. The van der Waals surface area contributed by atoms with E-state index in [1.54, 1.807) is 18.0 Å². The van der Waals surface area contributed by atoms with Crippen molar-refractivity contribution in [1.29, 1.82) is 0 Å². The molecular weight excluding hydrogens is 439 g/mol. The molecule has 0 atom stereocenters. The van der Waals surface area contributed by atoms with Gasteiger partial charge in [-0.2, -0.15) is 0 Å². The van der Waals surface area contributed by atoms with Crippen molar-refractivity contribution in [2.24, 2.45) is 5.41 Å². The predicted octanol–water partition coefficient (Wildman–Crippen LogP) is 2.97. The average Bonchev–Trinajstić information content (AvgIpc) is 3.42. The normalized spacial score (nSPS) is 17.2. The topological polar surface area (TPSA) is 59.2 Å². The van der Waals surface area contributed by atoms with Crippen LogP contribution in [0.5, 0.6) is 0 Å².